The Hall–Kier alpha value is -2.84. The normalized spacial score (nSPS) is 14.6. The molecule has 1 saturated heterocycles. The Morgan fingerprint density at radius 2 is 1.97 bits per heavy atom. The van der Waals surface area contributed by atoms with Gasteiger partial charge in [-0.05, 0) is 44.2 Å². The molecule has 0 spiro atoms. The van der Waals surface area contributed by atoms with Gasteiger partial charge in [0.25, 0.3) is 5.91 Å². The zero-order valence-electron chi connectivity index (χ0n) is 18.1. The van der Waals surface area contributed by atoms with Gasteiger partial charge in [0, 0.05) is 43.7 Å². The van der Waals surface area contributed by atoms with E-state index in [-0.39, 0.29) is 5.91 Å². The van der Waals surface area contributed by atoms with Crippen molar-refractivity contribution in [1.82, 2.24) is 14.8 Å². The van der Waals surface area contributed by atoms with Crippen molar-refractivity contribution in [3.05, 3.63) is 52.9 Å². The Balaban J connectivity index is 1.35. The molecule has 0 atom stereocenters. The summed E-state index contributed by atoms with van der Waals surface area (Å²) < 4.78 is 16.5. The molecule has 7 nitrogen and oxygen atoms in total. The lowest BCUT2D eigenvalue weighted by atomic mass is 10.2. The van der Waals surface area contributed by atoms with Crippen LogP contribution in [0.25, 0.3) is 10.6 Å². The van der Waals surface area contributed by atoms with Crippen LogP contribution in [0.15, 0.2) is 40.1 Å². The van der Waals surface area contributed by atoms with E-state index < -0.39 is 0 Å². The smallest absolute Gasteiger partial charge is 0.289 e. The maximum Gasteiger partial charge on any atom is 0.289 e. The predicted molar refractivity (Wildman–Crippen MR) is 120 cm³/mol. The zero-order valence-corrected chi connectivity index (χ0v) is 18.9. The number of rotatable bonds is 7. The molecule has 1 aliphatic rings. The molecule has 0 saturated carbocycles. The molecule has 0 N–H and O–H groups in total. The van der Waals surface area contributed by atoms with Gasteiger partial charge in [-0.2, -0.15) is 0 Å². The fraction of sp³-hybridized carbons (Fsp3) is 0.391. The number of benzene rings is 1. The van der Waals surface area contributed by atoms with Gasteiger partial charge in [0.1, 0.15) is 10.8 Å². The second kappa shape index (κ2) is 9.53. The third-order valence-electron chi connectivity index (χ3n) is 5.26. The van der Waals surface area contributed by atoms with E-state index in [1.807, 2.05) is 43.0 Å². The summed E-state index contributed by atoms with van der Waals surface area (Å²) in [4.78, 5) is 21.5. The van der Waals surface area contributed by atoms with E-state index in [1.165, 1.54) is 0 Å². The molecule has 3 heterocycles. The Labute approximate surface area is 186 Å². The Morgan fingerprint density at radius 1 is 1.16 bits per heavy atom. The van der Waals surface area contributed by atoms with Gasteiger partial charge in [-0.25, -0.2) is 4.98 Å². The maximum absolute atomic E-state index is 12.5. The van der Waals surface area contributed by atoms with Gasteiger partial charge in [0.05, 0.1) is 19.4 Å². The SMILES string of the molecule is CCOc1ccc(-c2nc(CN3CCN(C(=O)c4ccc(C)o4)CC3)cs2)cc1OC. The monoisotopic (exact) mass is 441 g/mol. The Kier molecular flexibility index (Phi) is 6.58. The van der Waals surface area contributed by atoms with Gasteiger partial charge in [-0.1, -0.05) is 0 Å². The van der Waals surface area contributed by atoms with Crippen LogP contribution in [0.5, 0.6) is 11.5 Å². The lowest BCUT2D eigenvalue weighted by Gasteiger charge is -2.33. The molecule has 1 fully saturated rings. The average Bonchev–Trinajstić information content (AvgIpc) is 3.43. The molecule has 1 aliphatic heterocycles. The molecule has 0 aliphatic carbocycles. The van der Waals surface area contributed by atoms with E-state index in [4.69, 9.17) is 18.9 Å². The van der Waals surface area contributed by atoms with Crippen molar-refractivity contribution in [2.45, 2.75) is 20.4 Å². The highest BCUT2D eigenvalue weighted by Gasteiger charge is 2.24. The minimum atomic E-state index is -0.0341. The van der Waals surface area contributed by atoms with Gasteiger partial charge >= 0.3 is 0 Å². The van der Waals surface area contributed by atoms with E-state index in [9.17, 15) is 4.79 Å². The van der Waals surface area contributed by atoms with E-state index in [0.717, 1.165) is 47.4 Å². The molecule has 31 heavy (non-hydrogen) atoms. The minimum Gasteiger partial charge on any atom is -0.493 e. The number of furan rings is 1. The first kappa shape index (κ1) is 21.4. The number of amides is 1. The second-order valence-electron chi connectivity index (χ2n) is 7.42. The number of piperazine rings is 1. The highest BCUT2D eigenvalue weighted by Crippen LogP contribution is 2.34. The summed E-state index contributed by atoms with van der Waals surface area (Å²) in [5.74, 6) is 2.59. The predicted octanol–water partition coefficient (Wildman–Crippen LogP) is 4.08. The first-order chi connectivity index (χ1) is 15.1. The van der Waals surface area contributed by atoms with Crippen LogP contribution in [0, 0.1) is 6.92 Å². The van der Waals surface area contributed by atoms with Gasteiger partial charge in [0.2, 0.25) is 0 Å². The topological polar surface area (TPSA) is 68.0 Å². The van der Waals surface area contributed by atoms with Crippen LogP contribution >= 0.6 is 11.3 Å². The Bertz CT molecular complexity index is 1040. The molecule has 0 bridgehead atoms. The number of carbonyl (C=O) groups excluding carboxylic acids is 1. The van der Waals surface area contributed by atoms with Crippen LogP contribution in [0.2, 0.25) is 0 Å². The number of nitrogens with zero attached hydrogens (tertiary/aromatic N) is 3. The van der Waals surface area contributed by atoms with Crippen molar-refractivity contribution < 1.29 is 18.7 Å². The van der Waals surface area contributed by atoms with Gasteiger partial charge < -0.3 is 18.8 Å². The molecule has 1 aromatic carbocycles. The number of hydrogen-bond donors (Lipinski definition) is 0. The van der Waals surface area contributed by atoms with E-state index in [0.29, 0.717) is 31.2 Å². The van der Waals surface area contributed by atoms with E-state index in [2.05, 4.69) is 10.3 Å². The number of ether oxygens (including phenoxy) is 2. The van der Waals surface area contributed by atoms with Crippen LogP contribution < -0.4 is 9.47 Å². The largest absolute Gasteiger partial charge is 0.493 e. The lowest BCUT2D eigenvalue weighted by molar-refractivity contribution is 0.0595. The van der Waals surface area contributed by atoms with Crippen LogP contribution in [0.1, 0.15) is 28.9 Å². The molecule has 1 amide bonds. The molecular formula is C23H27N3O4S. The third kappa shape index (κ3) is 4.91. The maximum atomic E-state index is 12.5. The summed E-state index contributed by atoms with van der Waals surface area (Å²) >= 11 is 1.62. The third-order valence-corrected chi connectivity index (χ3v) is 6.20. The molecule has 3 aromatic rings. The lowest BCUT2D eigenvalue weighted by Crippen LogP contribution is -2.48. The number of aryl methyl sites for hydroxylation is 1. The van der Waals surface area contributed by atoms with Crippen molar-refractivity contribution >= 4 is 17.2 Å². The summed E-state index contributed by atoms with van der Waals surface area (Å²) in [5.41, 5.74) is 2.05. The van der Waals surface area contributed by atoms with Crippen molar-refractivity contribution in [3.63, 3.8) is 0 Å². The molecule has 164 valence electrons. The van der Waals surface area contributed by atoms with Gasteiger partial charge in [-0.15, -0.1) is 11.3 Å². The number of hydrogen-bond acceptors (Lipinski definition) is 7. The summed E-state index contributed by atoms with van der Waals surface area (Å²) in [6, 6.07) is 9.47. The van der Waals surface area contributed by atoms with Crippen molar-refractivity contribution in [2.24, 2.45) is 0 Å². The minimum absolute atomic E-state index is 0.0341. The fourth-order valence-electron chi connectivity index (χ4n) is 3.63. The molecular weight excluding hydrogens is 414 g/mol. The highest BCUT2D eigenvalue weighted by atomic mass is 32.1. The first-order valence-electron chi connectivity index (χ1n) is 10.4. The van der Waals surface area contributed by atoms with E-state index in [1.54, 1.807) is 24.5 Å². The zero-order chi connectivity index (χ0) is 21.8. The Morgan fingerprint density at radius 3 is 2.65 bits per heavy atom. The molecule has 0 radical (unpaired) electrons. The molecule has 8 heteroatoms. The summed E-state index contributed by atoms with van der Waals surface area (Å²) in [7, 11) is 1.65. The number of methoxy groups -OCH3 is 1. The molecule has 4 rings (SSSR count). The van der Waals surface area contributed by atoms with Crippen LogP contribution in [-0.4, -0.2) is 60.6 Å². The van der Waals surface area contributed by atoms with Crippen molar-refractivity contribution in [1.29, 1.82) is 0 Å². The van der Waals surface area contributed by atoms with Crippen molar-refractivity contribution in [3.8, 4) is 22.1 Å². The van der Waals surface area contributed by atoms with Crippen LogP contribution in [0.3, 0.4) is 0 Å². The van der Waals surface area contributed by atoms with Gasteiger partial charge in [-0.3, -0.25) is 9.69 Å². The molecule has 0 unspecified atom stereocenters. The fourth-order valence-corrected chi connectivity index (χ4v) is 4.44. The van der Waals surface area contributed by atoms with Crippen LogP contribution in [0.4, 0.5) is 0 Å². The average molecular weight is 442 g/mol. The number of aromatic nitrogens is 1. The van der Waals surface area contributed by atoms with Gasteiger partial charge in [0.15, 0.2) is 17.3 Å². The quantitative estimate of drug-likeness (QED) is 0.550. The van der Waals surface area contributed by atoms with Crippen molar-refractivity contribution in [2.75, 3.05) is 39.9 Å². The first-order valence-corrected chi connectivity index (χ1v) is 11.3. The number of thiazole rings is 1. The van der Waals surface area contributed by atoms with E-state index >= 15 is 0 Å². The summed E-state index contributed by atoms with van der Waals surface area (Å²) in [5, 5.41) is 3.06. The van der Waals surface area contributed by atoms with Crippen LogP contribution in [-0.2, 0) is 6.54 Å². The standard InChI is InChI=1S/C23H27N3O4S/c1-4-29-19-8-6-17(13-21(19)28-3)22-24-18(15-31-22)14-25-9-11-26(12-10-25)23(27)20-7-5-16(2)30-20/h5-8,13,15H,4,9-12,14H2,1-3H3. The summed E-state index contributed by atoms with van der Waals surface area (Å²) in [6.45, 7) is 8.17. The highest BCUT2D eigenvalue weighted by molar-refractivity contribution is 7.13. The second-order valence-corrected chi connectivity index (χ2v) is 8.28. The number of carbonyl (C=O) groups is 1. The molecule has 2 aromatic heterocycles. The summed E-state index contributed by atoms with van der Waals surface area (Å²) in [6.07, 6.45) is 0.